The van der Waals surface area contributed by atoms with E-state index in [1.54, 1.807) is 6.07 Å². The third-order valence-corrected chi connectivity index (χ3v) is 4.56. The highest BCUT2D eigenvalue weighted by Gasteiger charge is 2.22. The summed E-state index contributed by atoms with van der Waals surface area (Å²) in [5.41, 5.74) is 4.72. The summed E-state index contributed by atoms with van der Waals surface area (Å²) in [6.07, 6.45) is 3.28. The van der Waals surface area contributed by atoms with Gasteiger partial charge in [-0.05, 0) is 54.3 Å². The number of carbonyl (C=O) groups is 1. The molecule has 0 fully saturated rings. The van der Waals surface area contributed by atoms with Crippen molar-refractivity contribution < 1.29 is 4.79 Å². The third kappa shape index (κ3) is 3.07. The zero-order chi connectivity index (χ0) is 18.1. The van der Waals surface area contributed by atoms with Crippen molar-refractivity contribution in [1.29, 1.82) is 5.26 Å². The molecule has 1 unspecified atom stereocenters. The second-order valence-corrected chi connectivity index (χ2v) is 6.48. The van der Waals surface area contributed by atoms with Crippen LogP contribution in [0.25, 0.3) is 10.9 Å². The maximum atomic E-state index is 11.2. The Bertz CT molecular complexity index is 1050. The van der Waals surface area contributed by atoms with Gasteiger partial charge >= 0.3 is 0 Å². The lowest BCUT2D eigenvalue weighted by Crippen LogP contribution is -2.20. The Hall–Kier alpha value is -3.46. The maximum absolute atomic E-state index is 11.2. The van der Waals surface area contributed by atoms with Crippen LogP contribution in [0.3, 0.4) is 0 Å². The number of anilines is 2. The summed E-state index contributed by atoms with van der Waals surface area (Å²) in [6, 6.07) is 13.8. The molecule has 0 saturated carbocycles. The summed E-state index contributed by atoms with van der Waals surface area (Å²) in [5, 5.41) is 16.3. The van der Waals surface area contributed by atoms with Crippen molar-refractivity contribution in [3.05, 3.63) is 59.4 Å². The van der Waals surface area contributed by atoms with Crippen LogP contribution in [0.15, 0.2) is 42.7 Å². The van der Waals surface area contributed by atoms with Crippen molar-refractivity contribution in [2.45, 2.75) is 25.8 Å². The quantitative estimate of drug-likeness (QED) is 0.763. The molecule has 1 aliphatic carbocycles. The largest absolute Gasteiger partial charge is 0.366 e. The number of fused-ring (bicyclic) bond motifs is 2. The molecule has 1 heterocycles. The molecule has 0 saturated heterocycles. The highest BCUT2D eigenvalue weighted by atomic mass is 16.1. The fraction of sp³-hybridized carbons (Fsp3) is 0.200. The number of nitriles is 1. The molecule has 26 heavy (non-hydrogen) atoms. The van der Waals surface area contributed by atoms with E-state index in [2.05, 4.69) is 32.7 Å². The number of nitrogens with one attached hydrogen (secondary N) is 2. The lowest BCUT2D eigenvalue weighted by Gasteiger charge is -2.14. The fourth-order valence-electron chi connectivity index (χ4n) is 3.44. The van der Waals surface area contributed by atoms with E-state index in [0.29, 0.717) is 5.56 Å². The molecule has 1 aromatic heterocycles. The smallest absolute Gasteiger partial charge is 0.221 e. The molecule has 128 valence electrons. The van der Waals surface area contributed by atoms with Gasteiger partial charge in [0.05, 0.1) is 17.1 Å². The van der Waals surface area contributed by atoms with Crippen LogP contribution >= 0.6 is 0 Å². The van der Waals surface area contributed by atoms with Gasteiger partial charge in [0.1, 0.15) is 12.1 Å². The summed E-state index contributed by atoms with van der Waals surface area (Å²) < 4.78 is 0. The molecule has 2 N–H and O–H groups in total. The van der Waals surface area contributed by atoms with E-state index in [1.807, 2.05) is 24.3 Å². The first-order valence-electron chi connectivity index (χ1n) is 8.43. The second-order valence-electron chi connectivity index (χ2n) is 6.48. The second kappa shape index (κ2) is 6.45. The van der Waals surface area contributed by atoms with Crippen molar-refractivity contribution in [1.82, 2.24) is 9.97 Å². The zero-order valence-electron chi connectivity index (χ0n) is 14.3. The third-order valence-electron chi connectivity index (χ3n) is 4.56. The van der Waals surface area contributed by atoms with Crippen LogP contribution in [0.4, 0.5) is 11.5 Å². The Morgan fingerprint density at radius 2 is 2.00 bits per heavy atom. The molecular formula is C20H17N5O. The first kappa shape index (κ1) is 16.0. The Kier molecular flexibility index (Phi) is 3.98. The normalized spacial score (nSPS) is 15.3. The average molecular weight is 343 g/mol. The van der Waals surface area contributed by atoms with Crippen LogP contribution < -0.4 is 10.6 Å². The van der Waals surface area contributed by atoms with E-state index in [0.717, 1.165) is 35.2 Å². The molecule has 6 nitrogen and oxygen atoms in total. The van der Waals surface area contributed by atoms with Crippen molar-refractivity contribution >= 4 is 28.3 Å². The van der Waals surface area contributed by atoms with E-state index in [-0.39, 0.29) is 11.9 Å². The maximum Gasteiger partial charge on any atom is 0.221 e. The van der Waals surface area contributed by atoms with Crippen LogP contribution in [-0.2, 0) is 17.6 Å². The van der Waals surface area contributed by atoms with Gasteiger partial charge in [-0.3, -0.25) is 4.79 Å². The Morgan fingerprint density at radius 3 is 2.81 bits per heavy atom. The molecule has 6 heteroatoms. The summed E-state index contributed by atoms with van der Waals surface area (Å²) in [7, 11) is 0. The predicted molar refractivity (Wildman–Crippen MR) is 99.8 cm³/mol. The summed E-state index contributed by atoms with van der Waals surface area (Å²) in [4.78, 5) is 19.9. The van der Waals surface area contributed by atoms with Crippen molar-refractivity contribution in [3.8, 4) is 6.07 Å². The topological polar surface area (TPSA) is 90.7 Å². The van der Waals surface area contributed by atoms with Crippen LogP contribution in [0.2, 0.25) is 0 Å². The van der Waals surface area contributed by atoms with Crippen LogP contribution in [0, 0.1) is 11.3 Å². The molecule has 1 amide bonds. The molecule has 3 aromatic rings. The van der Waals surface area contributed by atoms with E-state index in [9.17, 15) is 4.79 Å². The van der Waals surface area contributed by atoms with Crippen molar-refractivity contribution in [2.75, 3.05) is 10.6 Å². The van der Waals surface area contributed by atoms with Crippen LogP contribution in [0.5, 0.6) is 0 Å². The summed E-state index contributed by atoms with van der Waals surface area (Å²) >= 11 is 0. The minimum Gasteiger partial charge on any atom is -0.366 e. The number of amides is 1. The lowest BCUT2D eigenvalue weighted by atomic mass is 10.1. The minimum atomic E-state index is -0.0709. The molecule has 1 aliphatic rings. The van der Waals surface area contributed by atoms with Gasteiger partial charge in [-0.2, -0.15) is 5.26 Å². The Labute approximate surface area is 150 Å². The first-order chi connectivity index (χ1) is 12.6. The number of nitrogens with zero attached hydrogens (tertiary/aromatic N) is 3. The van der Waals surface area contributed by atoms with Gasteiger partial charge in [-0.25, -0.2) is 9.97 Å². The van der Waals surface area contributed by atoms with Crippen molar-refractivity contribution in [3.63, 3.8) is 0 Å². The Balaban J connectivity index is 1.58. The average Bonchev–Trinajstić information content (AvgIpc) is 3.02. The van der Waals surface area contributed by atoms with Gasteiger partial charge in [0, 0.05) is 24.0 Å². The number of hydrogen-bond acceptors (Lipinski definition) is 5. The number of hydrogen-bond donors (Lipinski definition) is 2. The van der Waals surface area contributed by atoms with Crippen LogP contribution in [0.1, 0.15) is 23.6 Å². The molecule has 0 aliphatic heterocycles. The van der Waals surface area contributed by atoms with E-state index >= 15 is 0 Å². The van der Waals surface area contributed by atoms with Gasteiger partial charge in [-0.15, -0.1) is 0 Å². The number of benzene rings is 2. The Morgan fingerprint density at radius 1 is 1.15 bits per heavy atom. The number of rotatable bonds is 3. The highest BCUT2D eigenvalue weighted by Crippen LogP contribution is 2.29. The zero-order valence-corrected chi connectivity index (χ0v) is 14.3. The number of aromatic nitrogens is 2. The van der Waals surface area contributed by atoms with Crippen molar-refractivity contribution in [2.24, 2.45) is 0 Å². The SMILES string of the molecule is CC(=O)Nc1ccc2c(c1)CC(Nc1ncnc3ccc(C#N)cc13)C2. The van der Waals surface area contributed by atoms with E-state index < -0.39 is 0 Å². The monoisotopic (exact) mass is 343 g/mol. The molecule has 1 atom stereocenters. The van der Waals surface area contributed by atoms with Gasteiger partial charge in [0.15, 0.2) is 0 Å². The number of carbonyl (C=O) groups excluding carboxylic acids is 1. The molecule has 4 rings (SSSR count). The van der Waals surface area contributed by atoms with Gasteiger partial charge < -0.3 is 10.6 Å². The molecule has 2 aromatic carbocycles. The molecule has 0 bridgehead atoms. The molecular weight excluding hydrogens is 326 g/mol. The first-order valence-corrected chi connectivity index (χ1v) is 8.43. The minimum absolute atomic E-state index is 0.0709. The lowest BCUT2D eigenvalue weighted by molar-refractivity contribution is -0.114. The summed E-state index contributed by atoms with van der Waals surface area (Å²) in [5.74, 6) is 0.672. The van der Waals surface area contributed by atoms with Gasteiger partial charge in [0.25, 0.3) is 0 Å². The summed E-state index contributed by atoms with van der Waals surface area (Å²) in [6.45, 7) is 1.51. The van der Waals surface area contributed by atoms with E-state index in [4.69, 9.17) is 5.26 Å². The highest BCUT2D eigenvalue weighted by molar-refractivity contribution is 5.90. The van der Waals surface area contributed by atoms with E-state index in [1.165, 1.54) is 24.4 Å². The van der Waals surface area contributed by atoms with Gasteiger partial charge in [-0.1, -0.05) is 6.07 Å². The standard InChI is InChI=1S/C20H17N5O/c1-12(26)24-16-4-3-14-7-17(9-15(14)8-16)25-20-18-6-13(10-21)2-5-19(18)22-11-23-20/h2-6,8,11,17H,7,9H2,1H3,(H,24,26)(H,22,23,25). The van der Waals surface area contributed by atoms with Crippen LogP contribution in [-0.4, -0.2) is 21.9 Å². The van der Waals surface area contributed by atoms with Gasteiger partial charge in [0.2, 0.25) is 5.91 Å². The fourth-order valence-corrected chi connectivity index (χ4v) is 3.44. The predicted octanol–water partition coefficient (Wildman–Crippen LogP) is 3.04. The molecule has 0 radical (unpaired) electrons. The molecule has 0 spiro atoms.